The van der Waals surface area contributed by atoms with Crippen molar-refractivity contribution in [3.8, 4) is 0 Å². The number of hydrogen-bond acceptors (Lipinski definition) is 6. The van der Waals surface area contributed by atoms with E-state index in [2.05, 4.69) is 0 Å². The summed E-state index contributed by atoms with van der Waals surface area (Å²) >= 11 is 7.84. The predicted molar refractivity (Wildman–Crippen MR) is 119 cm³/mol. The van der Waals surface area contributed by atoms with Crippen molar-refractivity contribution in [2.24, 2.45) is 0 Å². The zero-order valence-corrected chi connectivity index (χ0v) is 19.4. The van der Waals surface area contributed by atoms with E-state index in [4.69, 9.17) is 21.1 Å². The summed E-state index contributed by atoms with van der Waals surface area (Å²) in [5.41, 5.74) is 0.297. The molecule has 0 bridgehead atoms. The summed E-state index contributed by atoms with van der Waals surface area (Å²) in [6.07, 6.45) is 1.88. The van der Waals surface area contributed by atoms with Crippen LogP contribution >= 0.6 is 22.9 Å². The molecule has 2 aliphatic rings. The number of sulfonamides is 1. The molecule has 7 nitrogen and oxygen atoms in total. The molecule has 3 heterocycles. The van der Waals surface area contributed by atoms with Gasteiger partial charge in [-0.15, -0.1) is 11.3 Å². The van der Waals surface area contributed by atoms with Gasteiger partial charge in [0.1, 0.15) is 4.90 Å². The summed E-state index contributed by atoms with van der Waals surface area (Å²) in [6.45, 7) is 2.82. The molecule has 2 aromatic rings. The maximum Gasteiger partial charge on any atom is 0.254 e. The van der Waals surface area contributed by atoms with E-state index < -0.39 is 10.0 Å². The van der Waals surface area contributed by atoms with Crippen LogP contribution in [0.3, 0.4) is 0 Å². The maximum atomic E-state index is 13.4. The monoisotopic (exact) mass is 484 g/mol. The first kappa shape index (κ1) is 22.7. The Kier molecular flexibility index (Phi) is 7.30. The maximum absolute atomic E-state index is 13.4. The zero-order chi connectivity index (χ0) is 21.8. The third kappa shape index (κ3) is 5.30. The molecule has 2 aliphatic heterocycles. The number of halogens is 1. The first-order chi connectivity index (χ1) is 14.9. The van der Waals surface area contributed by atoms with E-state index in [9.17, 15) is 13.2 Å². The Hall–Kier alpha value is -1.49. The summed E-state index contributed by atoms with van der Waals surface area (Å²) < 4.78 is 38.6. The quantitative estimate of drug-likeness (QED) is 0.603. The summed E-state index contributed by atoms with van der Waals surface area (Å²) in [6, 6.07) is 8.39. The molecule has 0 unspecified atom stereocenters. The normalized spacial score (nSPS) is 20.1. The van der Waals surface area contributed by atoms with Crippen LogP contribution in [0.15, 0.2) is 40.6 Å². The van der Waals surface area contributed by atoms with Gasteiger partial charge in [-0.25, -0.2) is 8.42 Å². The number of morpholine rings is 1. The van der Waals surface area contributed by atoms with Crippen molar-refractivity contribution in [3.05, 3.63) is 51.2 Å². The third-order valence-corrected chi connectivity index (χ3v) is 8.67. The number of rotatable bonds is 7. The van der Waals surface area contributed by atoms with Crippen molar-refractivity contribution < 1.29 is 22.7 Å². The van der Waals surface area contributed by atoms with Crippen molar-refractivity contribution >= 4 is 38.9 Å². The molecule has 1 amide bonds. The van der Waals surface area contributed by atoms with Gasteiger partial charge < -0.3 is 14.4 Å². The van der Waals surface area contributed by atoms with Crippen LogP contribution in [0.4, 0.5) is 0 Å². The first-order valence-corrected chi connectivity index (χ1v) is 13.0. The van der Waals surface area contributed by atoms with Crippen LogP contribution in [0.25, 0.3) is 0 Å². The number of thiophene rings is 1. The topological polar surface area (TPSA) is 76.2 Å². The van der Waals surface area contributed by atoms with Gasteiger partial charge in [-0.1, -0.05) is 17.7 Å². The van der Waals surface area contributed by atoms with E-state index in [0.29, 0.717) is 38.5 Å². The van der Waals surface area contributed by atoms with Gasteiger partial charge in [0.2, 0.25) is 10.0 Å². The van der Waals surface area contributed by atoms with Crippen LogP contribution in [-0.4, -0.2) is 69.1 Å². The molecule has 4 rings (SSSR count). The Morgan fingerprint density at radius 3 is 2.71 bits per heavy atom. The van der Waals surface area contributed by atoms with E-state index in [0.717, 1.165) is 17.7 Å². The number of ether oxygens (including phenoxy) is 2. The second-order valence-corrected chi connectivity index (χ2v) is 10.9. The highest BCUT2D eigenvalue weighted by Gasteiger charge is 2.30. The molecule has 1 aromatic carbocycles. The Morgan fingerprint density at radius 1 is 1.23 bits per heavy atom. The lowest BCUT2D eigenvalue weighted by molar-refractivity contribution is 0.0509. The van der Waals surface area contributed by atoms with Crippen molar-refractivity contribution in [1.29, 1.82) is 0 Å². The molecule has 31 heavy (non-hydrogen) atoms. The summed E-state index contributed by atoms with van der Waals surface area (Å²) in [5.74, 6) is -0.237. The van der Waals surface area contributed by atoms with Crippen molar-refractivity contribution in [2.45, 2.75) is 30.4 Å². The first-order valence-electron chi connectivity index (χ1n) is 10.3. The average Bonchev–Trinajstić information content (AvgIpc) is 3.48. The van der Waals surface area contributed by atoms with Gasteiger partial charge in [-0.05, 0) is 42.5 Å². The number of carbonyl (C=O) groups is 1. The van der Waals surface area contributed by atoms with E-state index in [1.54, 1.807) is 22.3 Å². The molecule has 10 heteroatoms. The van der Waals surface area contributed by atoms with Gasteiger partial charge >= 0.3 is 0 Å². The van der Waals surface area contributed by atoms with Crippen LogP contribution in [0.2, 0.25) is 5.02 Å². The second-order valence-electron chi connectivity index (χ2n) is 7.56. The molecule has 1 atom stereocenters. The number of hydrogen-bond donors (Lipinski definition) is 0. The Balaban J connectivity index is 1.61. The van der Waals surface area contributed by atoms with Crippen LogP contribution in [-0.2, 0) is 26.0 Å². The van der Waals surface area contributed by atoms with Crippen molar-refractivity contribution in [2.75, 3.05) is 39.5 Å². The zero-order valence-electron chi connectivity index (χ0n) is 17.0. The largest absolute Gasteiger partial charge is 0.379 e. The molecule has 168 valence electrons. The van der Waals surface area contributed by atoms with E-state index in [1.807, 2.05) is 17.5 Å². The average molecular weight is 485 g/mol. The van der Waals surface area contributed by atoms with Crippen LogP contribution in [0.5, 0.6) is 0 Å². The molecule has 0 saturated carbocycles. The van der Waals surface area contributed by atoms with Gasteiger partial charge in [-0.2, -0.15) is 4.31 Å². The fraction of sp³-hybridized carbons (Fsp3) is 0.476. The van der Waals surface area contributed by atoms with Crippen molar-refractivity contribution in [1.82, 2.24) is 9.21 Å². The van der Waals surface area contributed by atoms with Gasteiger partial charge in [0.15, 0.2) is 0 Å². The van der Waals surface area contributed by atoms with Gasteiger partial charge in [0, 0.05) is 36.7 Å². The summed E-state index contributed by atoms with van der Waals surface area (Å²) in [7, 11) is -3.82. The number of nitrogens with zero attached hydrogens (tertiary/aromatic N) is 2. The highest BCUT2D eigenvalue weighted by Crippen LogP contribution is 2.28. The van der Waals surface area contributed by atoms with E-state index >= 15 is 0 Å². The van der Waals surface area contributed by atoms with E-state index in [1.165, 1.54) is 16.4 Å². The third-order valence-electron chi connectivity index (χ3n) is 5.43. The Morgan fingerprint density at radius 2 is 2.03 bits per heavy atom. The highest BCUT2D eigenvalue weighted by molar-refractivity contribution is 7.89. The minimum Gasteiger partial charge on any atom is -0.379 e. The fourth-order valence-electron chi connectivity index (χ4n) is 3.79. The molecular formula is C21H25ClN2O5S2. The SMILES string of the molecule is O=C(c1ccc(Cl)c(S(=O)(=O)N2CCOCC2)c1)N(Cc1cccs1)C[C@H]1CCCO1. The number of carbonyl (C=O) groups excluding carboxylic acids is 1. The van der Waals surface area contributed by atoms with E-state index in [-0.39, 0.29) is 35.0 Å². The Bertz CT molecular complexity index is 1000. The molecule has 2 fully saturated rings. The molecule has 0 radical (unpaired) electrons. The lowest BCUT2D eigenvalue weighted by atomic mass is 10.1. The molecule has 0 spiro atoms. The molecule has 0 N–H and O–H groups in total. The van der Waals surface area contributed by atoms with Gasteiger partial charge in [-0.3, -0.25) is 4.79 Å². The smallest absolute Gasteiger partial charge is 0.254 e. The van der Waals surface area contributed by atoms with Gasteiger partial charge in [0.25, 0.3) is 5.91 Å². The Labute approximate surface area is 191 Å². The molecular weight excluding hydrogens is 460 g/mol. The summed E-state index contributed by atoms with van der Waals surface area (Å²) in [4.78, 5) is 16.2. The van der Waals surface area contributed by atoms with Crippen LogP contribution in [0.1, 0.15) is 28.1 Å². The lowest BCUT2D eigenvalue weighted by Crippen LogP contribution is -2.41. The van der Waals surface area contributed by atoms with Crippen molar-refractivity contribution in [3.63, 3.8) is 0 Å². The fourth-order valence-corrected chi connectivity index (χ4v) is 6.41. The van der Waals surface area contributed by atoms with Crippen LogP contribution < -0.4 is 0 Å². The highest BCUT2D eigenvalue weighted by atomic mass is 35.5. The number of benzene rings is 1. The lowest BCUT2D eigenvalue weighted by Gasteiger charge is -2.27. The minimum atomic E-state index is -3.82. The standard InChI is InChI=1S/C21H25ClN2O5S2/c22-19-6-5-16(13-20(19)31(26,27)24-7-10-28-11-8-24)21(25)23(14-17-3-1-9-29-17)15-18-4-2-12-30-18/h2,4-6,12-13,17H,1,3,7-11,14-15H2/t17-/m1/s1. The number of amides is 1. The second kappa shape index (κ2) is 9.97. The predicted octanol–water partition coefficient (Wildman–Crippen LogP) is 3.24. The molecule has 2 saturated heterocycles. The van der Waals surface area contributed by atoms with Crippen LogP contribution in [0, 0.1) is 0 Å². The summed E-state index contributed by atoms with van der Waals surface area (Å²) in [5, 5.41) is 2.08. The minimum absolute atomic E-state index is 0.00670. The van der Waals surface area contributed by atoms with Gasteiger partial charge in [0.05, 0.1) is 30.9 Å². The molecule has 0 aliphatic carbocycles. The molecule has 1 aromatic heterocycles.